The van der Waals surface area contributed by atoms with Crippen molar-refractivity contribution in [2.45, 2.75) is 69.5 Å². The summed E-state index contributed by atoms with van der Waals surface area (Å²) in [5.41, 5.74) is 1.33. The Morgan fingerprint density at radius 3 is 2.21 bits per heavy atom. The third kappa shape index (κ3) is 7.59. The third-order valence-electron chi connectivity index (χ3n) is 7.56. The van der Waals surface area contributed by atoms with Crippen molar-refractivity contribution >= 4 is 62.3 Å². The number of hydrogen-bond acceptors (Lipinski definition) is 4. The Morgan fingerprint density at radius 1 is 0.929 bits per heavy atom. The maximum atomic E-state index is 14.2. The molecule has 0 heterocycles. The van der Waals surface area contributed by atoms with Crippen LogP contribution in [0.15, 0.2) is 71.6 Å². The van der Waals surface area contributed by atoms with E-state index in [1.54, 1.807) is 62.4 Å². The van der Waals surface area contributed by atoms with E-state index >= 15 is 0 Å². The Balaban J connectivity index is 1.73. The summed E-state index contributed by atoms with van der Waals surface area (Å²) in [7, 11) is -4.21. The number of halogens is 3. The van der Waals surface area contributed by atoms with Crippen LogP contribution in [0.3, 0.4) is 0 Å². The number of nitrogens with one attached hydrogen (secondary N) is 1. The van der Waals surface area contributed by atoms with Gasteiger partial charge in [0.1, 0.15) is 12.6 Å². The van der Waals surface area contributed by atoms with Crippen LogP contribution in [-0.2, 0) is 26.2 Å². The number of carbonyl (C=O) groups excluding carboxylic acids is 2. The van der Waals surface area contributed by atoms with Crippen molar-refractivity contribution in [1.82, 2.24) is 10.2 Å². The quantitative estimate of drug-likeness (QED) is 0.256. The van der Waals surface area contributed by atoms with E-state index in [1.807, 2.05) is 0 Å². The smallest absolute Gasteiger partial charge is 0.264 e. The predicted molar refractivity (Wildman–Crippen MR) is 169 cm³/mol. The Morgan fingerprint density at radius 2 is 1.57 bits per heavy atom. The summed E-state index contributed by atoms with van der Waals surface area (Å²) < 4.78 is 29.0. The number of hydrogen-bond donors (Lipinski definition) is 1. The van der Waals surface area contributed by atoms with Crippen LogP contribution in [0, 0.1) is 6.92 Å². The summed E-state index contributed by atoms with van der Waals surface area (Å²) in [6.07, 6.45) is 4.94. The summed E-state index contributed by atoms with van der Waals surface area (Å²) in [6.45, 7) is 2.69. The standard InChI is InChI=1S/C31H34Cl3N3O4S/c1-21-16-17-23(32)18-29(21)37(42(40,41)25-12-7-4-8-13-25)20-30(38)36(19-26-27(33)14-9-15-28(26)34)22(2)31(39)35-24-10-5-3-6-11-24/h4,7-9,12-18,22,24H,3,5-6,10-11,19-20H2,1-2H3,(H,35,39). The molecular formula is C31H34Cl3N3O4S. The molecule has 0 saturated heterocycles. The molecule has 3 aromatic rings. The Labute approximate surface area is 262 Å². The minimum Gasteiger partial charge on any atom is -0.352 e. The number of sulfonamides is 1. The molecule has 1 unspecified atom stereocenters. The average Bonchev–Trinajstić information content (AvgIpc) is 2.97. The third-order valence-corrected chi connectivity index (χ3v) is 10.3. The molecular weight excluding hydrogens is 617 g/mol. The fraction of sp³-hybridized carbons (Fsp3) is 0.355. The molecule has 0 spiro atoms. The maximum absolute atomic E-state index is 14.2. The normalized spacial score (nSPS) is 14.7. The fourth-order valence-electron chi connectivity index (χ4n) is 5.09. The van der Waals surface area contributed by atoms with E-state index in [9.17, 15) is 18.0 Å². The first-order valence-electron chi connectivity index (χ1n) is 13.9. The Bertz CT molecular complexity index is 1510. The largest absolute Gasteiger partial charge is 0.352 e. The van der Waals surface area contributed by atoms with Crippen LogP contribution in [-0.4, -0.2) is 43.8 Å². The number of anilines is 1. The monoisotopic (exact) mass is 649 g/mol. The number of carbonyl (C=O) groups is 2. The van der Waals surface area contributed by atoms with Crippen molar-refractivity contribution in [3.63, 3.8) is 0 Å². The molecule has 1 fully saturated rings. The van der Waals surface area contributed by atoms with Gasteiger partial charge in [0.15, 0.2) is 0 Å². The van der Waals surface area contributed by atoms with Gasteiger partial charge < -0.3 is 10.2 Å². The lowest BCUT2D eigenvalue weighted by Crippen LogP contribution is -2.53. The van der Waals surface area contributed by atoms with Crippen LogP contribution >= 0.6 is 34.8 Å². The molecule has 0 bridgehead atoms. The van der Waals surface area contributed by atoms with Gasteiger partial charge in [-0.2, -0.15) is 0 Å². The van der Waals surface area contributed by atoms with Crippen molar-refractivity contribution in [2.24, 2.45) is 0 Å². The van der Waals surface area contributed by atoms with E-state index in [0.29, 0.717) is 26.2 Å². The van der Waals surface area contributed by atoms with Gasteiger partial charge in [0.05, 0.1) is 10.6 Å². The molecule has 7 nitrogen and oxygen atoms in total. The molecule has 3 aromatic carbocycles. The second-order valence-electron chi connectivity index (χ2n) is 10.5. The zero-order valence-corrected chi connectivity index (χ0v) is 26.6. The van der Waals surface area contributed by atoms with Crippen LogP contribution in [0.1, 0.15) is 50.2 Å². The Hall–Kier alpha value is -2.78. The topological polar surface area (TPSA) is 86.8 Å². The highest BCUT2D eigenvalue weighted by Gasteiger charge is 2.34. The molecule has 1 saturated carbocycles. The zero-order valence-electron chi connectivity index (χ0n) is 23.5. The van der Waals surface area contributed by atoms with Crippen LogP contribution in [0.4, 0.5) is 5.69 Å². The summed E-state index contributed by atoms with van der Waals surface area (Å²) in [6, 6.07) is 16.8. The predicted octanol–water partition coefficient (Wildman–Crippen LogP) is 7.02. The van der Waals surface area contributed by atoms with Gasteiger partial charge in [0, 0.05) is 33.2 Å². The second kappa shape index (κ2) is 14.1. The van der Waals surface area contributed by atoms with E-state index in [1.165, 1.54) is 23.1 Å². The van der Waals surface area contributed by atoms with Gasteiger partial charge in [-0.25, -0.2) is 8.42 Å². The van der Waals surface area contributed by atoms with Gasteiger partial charge in [-0.05, 0) is 68.7 Å². The van der Waals surface area contributed by atoms with Crippen LogP contribution in [0.2, 0.25) is 15.1 Å². The van der Waals surface area contributed by atoms with Gasteiger partial charge >= 0.3 is 0 Å². The average molecular weight is 651 g/mol. The molecule has 224 valence electrons. The first kappa shape index (κ1) is 32.1. The molecule has 42 heavy (non-hydrogen) atoms. The molecule has 1 aliphatic rings. The molecule has 2 amide bonds. The molecule has 0 radical (unpaired) electrons. The minimum absolute atomic E-state index is 0.0148. The lowest BCUT2D eigenvalue weighted by atomic mass is 9.95. The SMILES string of the molecule is Cc1ccc(Cl)cc1N(CC(=O)N(Cc1c(Cl)cccc1Cl)C(C)C(=O)NC1CCCCC1)S(=O)(=O)c1ccccc1. The van der Waals surface area contributed by atoms with Crippen LogP contribution in [0.25, 0.3) is 0 Å². The van der Waals surface area contributed by atoms with E-state index in [-0.39, 0.29) is 29.1 Å². The highest BCUT2D eigenvalue weighted by atomic mass is 35.5. The lowest BCUT2D eigenvalue weighted by molar-refractivity contribution is -0.139. The molecule has 11 heteroatoms. The molecule has 1 N–H and O–H groups in total. The van der Waals surface area contributed by atoms with E-state index in [0.717, 1.165) is 36.4 Å². The highest BCUT2D eigenvalue weighted by molar-refractivity contribution is 7.92. The van der Waals surface area contributed by atoms with Crippen LogP contribution < -0.4 is 9.62 Å². The second-order valence-corrected chi connectivity index (χ2v) is 13.6. The van der Waals surface area contributed by atoms with Gasteiger partial charge in [-0.15, -0.1) is 0 Å². The number of nitrogens with zero attached hydrogens (tertiary/aromatic N) is 2. The van der Waals surface area contributed by atoms with Crippen molar-refractivity contribution in [3.05, 3.63) is 92.9 Å². The van der Waals surface area contributed by atoms with E-state index in [4.69, 9.17) is 34.8 Å². The molecule has 1 atom stereocenters. The zero-order chi connectivity index (χ0) is 30.4. The number of aryl methyl sites for hydroxylation is 1. The van der Waals surface area contributed by atoms with Gasteiger partial charge in [-0.1, -0.05) is 84.4 Å². The summed E-state index contributed by atoms with van der Waals surface area (Å²) in [5, 5.41) is 4.06. The first-order chi connectivity index (χ1) is 20.0. The fourth-order valence-corrected chi connectivity index (χ4v) is 7.26. The summed E-state index contributed by atoms with van der Waals surface area (Å²) in [5.74, 6) is -0.925. The van der Waals surface area contributed by atoms with Crippen LogP contribution in [0.5, 0.6) is 0 Å². The highest BCUT2D eigenvalue weighted by Crippen LogP contribution is 2.31. The number of amides is 2. The molecule has 0 aromatic heterocycles. The van der Waals surface area contributed by atoms with Crippen molar-refractivity contribution in [3.8, 4) is 0 Å². The van der Waals surface area contributed by atoms with E-state index < -0.39 is 28.5 Å². The van der Waals surface area contributed by atoms with Crippen molar-refractivity contribution in [1.29, 1.82) is 0 Å². The first-order valence-corrected chi connectivity index (χ1v) is 16.4. The summed E-state index contributed by atoms with van der Waals surface area (Å²) >= 11 is 19.2. The maximum Gasteiger partial charge on any atom is 0.264 e. The molecule has 0 aliphatic heterocycles. The Kier molecular flexibility index (Phi) is 10.8. The van der Waals surface area contributed by atoms with Gasteiger partial charge in [0.25, 0.3) is 10.0 Å². The van der Waals surface area contributed by atoms with Gasteiger partial charge in [-0.3, -0.25) is 13.9 Å². The molecule has 4 rings (SSSR count). The molecule has 1 aliphatic carbocycles. The van der Waals surface area contributed by atoms with Gasteiger partial charge in [0.2, 0.25) is 11.8 Å². The van der Waals surface area contributed by atoms with E-state index in [2.05, 4.69) is 5.32 Å². The minimum atomic E-state index is -4.21. The van der Waals surface area contributed by atoms with Crippen molar-refractivity contribution in [2.75, 3.05) is 10.8 Å². The number of benzene rings is 3. The lowest BCUT2D eigenvalue weighted by Gasteiger charge is -2.34. The summed E-state index contributed by atoms with van der Waals surface area (Å²) in [4.78, 5) is 29.0. The number of rotatable bonds is 10. The van der Waals surface area contributed by atoms with Crippen molar-refractivity contribution < 1.29 is 18.0 Å².